The molecule has 0 amide bonds. The Bertz CT molecular complexity index is 935. The SMILES string of the molecule is Cl.Cl.NCCc1c[nH]c2ccc(O)cc12.NCCc1c[nH]c2ccc(O)cc12.O. The van der Waals surface area contributed by atoms with Gasteiger partial charge in [0.25, 0.3) is 0 Å². The van der Waals surface area contributed by atoms with Crippen LogP contribution in [-0.4, -0.2) is 38.7 Å². The highest BCUT2D eigenvalue weighted by Crippen LogP contribution is 2.23. The lowest BCUT2D eigenvalue weighted by molar-refractivity contribution is 0.475. The Balaban J connectivity index is 0.000000490. The number of phenolic OH excluding ortho intramolecular Hbond substituents is 2. The molecule has 29 heavy (non-hydrogen) atoms. The molecule has 10 N–H and O–H groups in total. The predicted octanol–water partition coefficient (Wildman–Crippen LogP) is 2.77. The zero-order valence-corrected chi connectivity index (χ0v) is 17.4. The first-order valence-electron chi connectivity index (χ1n) is 8.60. The topological polar surface area (TPSA) is 156 Å². The Kier molecular flexibility index (Phi) is 11.2. The third-order valence-electron chi connectivity index (χ3n) is 4.33. The van der Waals surface area contributed by atoms with Crippen molar-refractivity contribution < 1.29 is 15.7 Å². The van der Waals surface area contributed by atoms with Gasteiger partial charge in [-0.2, -0.15) is 0 Å². The molecule has 9 heteroatoms. The van der Waals surface area contributed by atoms with E-state index in [1.54, 1.807) is 24.3 Å². The second kappa shape index (κ2) is 12.2. The molecule has 0 bridgehead atoms. The van der Waals surface area contributed by atoms with Crippen LogP contribution in [0.4, 0.5) is 0 Å². The number of hydrogen-bond acceptors (Lipinski definition) is 4. The molecule has 0 saturated carbocycles. The summed E-state index contributed by atoms with van der Waals surface area (Å²) in [7, 11) is 0. The minimum atomic E-state index is 0. The number of H-pyrrole nitrogens is 2. The molecule has 4 aromatic rings. The zero-order chi connectivity index (χ0) is 18.5. The minimum Gasteiger partial charge on any atom is -0.508 e. The van der Waals surface area contributed by atoms with Crippen molar-refractivity contribution in [3.05, 3.63) is 59.9 Å². The lowest BCUT2D eigenvalue weighted by Gasteiger charge is -1.96. The van der Waals surface area contributed by atoms with Crippen molar-refractivity contribution >= 4 is 46.6 Å². The Morgan fingerprint density at radius 2 is 1.07 bits per heavy atom. The number of phenols is 2. The number of hydrogen-bond donors (Lipinski definition) is 6. The molecule has 0 spiro atoms. The first kappa shape index (κ1) is 26.6. The number of fused-ring (bicyclic) bond motifs is 2. The standard InChI is InChI=1S/2C10H12N2O.2ClH.H2O/c2*11-4-3-7-6-12-10-2-1-8(13)5-9(7)10;;;/h2*1-2,5-6,12-13H,3-4,11H2;2*1H;1H2. The quantitative estimate of drug-likeness (QED) is 0.287. The van der Waals surface area contributed by atoms with Crippen molar-refractivity contribution in [2.24, 2.45) is 11.5 Å². The first-order valence-corrected chi connectivity index (χ1v) is 8.60. The van der Waals surface area contributed by atoms with Gasteiger partial charge in [0.2, 0.25) is 0 Å². The van der Waals surface area contributed by atoms with E-state index in [0.717, 1.165) is 45.8 Å². The maximum atomic E-state index is 9.30. The van der Waals surface area contributed by atoms with E-state index in [1.807, 2.05) is 24.5 Å². The van der Waals surface area contributed by atoms with E-state index in [2.05, 4.69) is 9.97 Å². The highest BCUT2D eigenvalue weighted by Gasteiger charge is 2.03. The average molecular weight is 443 g/mol. The summed E-state index contributed by atoms with van der Waals surface area (Å²) in [6.07, 6.45) is 5.56. The maximum Gasteiger partial charge on any atom is 0.116 e. The van der Waals surface area contributed by atoms with Crippen molar-refractivity contribution in [1.29, 1.82) is 0 Å². The summed E-state index contributed by atoms with van der Waals surface area (Å²) in [5, 5.41) is 20.7. The summed E-state index contributed by atoms with van der Waals surface area (Å²) in [6, 6.07) is 10.6. The molecule has 7 nitrogen and oxygen atoms in total. The van der Waals surface area contributed by atoms with Gasteiger partial charge in [0.05, 0.1) is 0 Å². The molecule has 160 valence electrons. The van der Waals surface area contributed by atoms with Gasteiger partial charge in [-0.05, 0) is 73.5 Å². The molecule has 0 fully saturated rings. The van der Waals surface area contributed by atoms with Gasteiger partial charge < -0.3 is 37.1 Å². The van der Waals surface area contributed by atoms with E-state index < -0.39 is 0 Å². The molecular weight excluding hydrogens is 415 g/mol. The number of benzene rings is 2. The molecule has 2 heterocycles. The Morgan fingerprint density at radius 1 is 0.690 bits per heavy atom. The van der Waals surface area contributed by atoms with Crippen molar-refractivity contribution in [2.45, 2.75) is 12.8 Å². The molecule has 4 rings (SSSR count). The third kappa shape index (κ3) is 6.28. The maximum absolute atomic E-state index is 9.30. The first-order chi connectivity index (χ1) is 12.6. The molecule has 0 unspecified atom stereocenters. The van der Waals surface area contributed by atoms with Gasteiger partial charge in [0.1, 0.15) is 11.5 Å². The van der Waals surface area contributed by atoms with Gasteiger partial charge in [0.15, 0.2) is 0 Å². The van der Waals surface area contributed by atoms with Crippen LogP contribution in [0.2, 0.25) is 0 Å². The van der Waals surface area contributed by atoms with Crippen molar-refractivity contribution in [2.75, 3.05) is 13.1 Å². The van der Waals surface area contributed by atoms with Crippen LogP contribution in [0.1, 0.15) is 11.1 Å². The van der Waals surface area contributed by atoms with Crippen LogP contribution in [0.5, 0.6) is 11.5 Å². The number of aromatic amines is 2. The fourth-order valence-corrected chi connectivity index (χ4v) is 3.06. The number of nitrogens with two attached hydrogens (primary N) is 2. The van der Waals surface area contributed by atoms with E-state index in [9.17, 15) is 10.2 Å². The smallest absolute Gasteiger partial charge is 0.116 e. The Labute approximate surface area is 181 Å². The summed E-state index contributed by atoms with van der Waals surface area (Å²) in [4.78, 5) is 6.27. The van der Waals surface area contributed by atoms with E-state index in [1.165, 1.54) is 0 Å². The van der Waals surface area contributed by atoms with E-state index in [-0.39, 0.29) is 30.3 Å². The molecule has 0 aliphatic rings. The zero-order valence-electron chi connectivity index (χ0n) is 15.8. The molecule has 0 aliphatic heterocycles. The van der Waals surface area contributed by atoms with E-state index >= 15 is 0 Å². The molecular formula is C20H28Cl2N4O3. The number of aromatic nitrogens is 2. The van der Waals surface area contributed by atoms with Gasteiger partial charge >= 0.3 is 0 Å². The molecule has 0 radical (unpaired) electrons. The van der Waals surface area contributed by atoms with Crippen LogP contribution in [-0.2, 0) is 12.8 Å². The van der Waals surface area contributed by atoms with Crippen LogP contribution >= 0.6 is 24.8 Å². The summed E-state index contributed by atoms with van der Waals surface area (Å²) in [6.45, 7) is 1.26. The lowest BCUT2D eigenvalue weighted by atomic mass is 10.1. The number of rotatable bonds is 4. The summed E-state index contributed by atoms with van der Waals surface area (Å²) < 4.78 is 0. The van der Waals surface area contributed by atoms with Crippen molar-refractivity contribution in [3.8, 4) is 11.5 Å². The van der Waals surface area contributed by atoms with Crippen molar-refractivity contribution in [1.82, 2.24) is 9.97 Å². The summed E-state index contributed by atoms with van der Waals surface area (Å²) in [5.74, 6) is 0.593. The highest BCUT2D eigenvalue weighted by molar-refractivity contribution is 5.86. The van der Waals surface area contributed by atoms with Gasteiger partial charge in [-0.3, -0.25) is 0 Å². The van der Waals surface area contributed by atoms with Gasteiger partial charge in [0, 0.05) is 34.2 Å². The average Bonchev–Trinajstić information content (AvgIpc) is 3.21. The third-order valence-corrected chi connectivity index (χ3v) is 4.33. The summed E-state index contributed by atoms with van der Waals surface area (Å²) in [5.41, 5.74) is 15.4. The largest absolute Gasteiger partial charge is 0.508 e. The number of aromatic hydroxyl groups is 2. The Morgan fingerprint density at radius 3 is 1.41 bits per heavy atom. The molecule has 0 atom stereocenters. The minimum absolute atomic E-state index is 0. The second-order valence-electron chi connectivity index (χ2n) is 6.16. The predicted molar refractivity (Wildman–Crippen MR) is 124 cm³/mol. The normalized spacial score (nSPS) is 9.72. The van der Waals surface area contributed by atoms with Gasteiger partial charge in [-0.15, -0.1) is 24.8 Å². The van der Waals surface area contributed by atoms with Crippen LogP contribution < -0.4 is 11.5 Å². The number of halogens is 2. The van der Waals surface area contributed by atoms with Crippen molar-refractivity contribution in [3.63, 3.8) is 0 Å². The summed E-state index contributed by atoms with van der Waals surface area (Å²) >= 11 is 0. The lowest BCUT2D eigenvalue weighted by Crippen LogP contribution is -2.01. The van der Waals surface area contributed by atoms with E-state index in [4.69, 9.17) is 11.5 Å². The van der Waals surface area contributed by atoms with Gasteiger partial charge in [-0.25, -0.2) is 0 Å². The molecule has 0 aliphatic carbocycles. The number of nitrogens with one attached hydrogen (secondary N) is 2. The van der Waals surface area contributed by atoms with Gasteiger partial charge in [-0.1, -0.05) is 0 Å². The fourth-order valence-electron chi connectivity index (χ4n) is 3.06. The van der Waals surface area contributed by atoms with Crippen LogP contribution in [0, 0.1) is 0 Å². The Hall–Kier alpha value is -2.42. The fraction of sp³-hybridized carbons (Fsp3) is 0.200. The van der Waals surface area contributed by atoms with E-state index in [0.29, 0.717) is 24.6 Å². The molecule has 0 saturated heterocycles. The van der Waals surface area contributed by atoms with Crippen LogP contribution in [0.25, 0.3) is 21.8 Å². The second-order valence-corrected chi connectivity index (χ2v) is 6.16. The molecule has 2 aromatic carbocycles. The van der Waals surface area contributed by atoms with Crippen LogP contribution in [0.15, 0.2) is 48.8 Å². The highest BCUT2D eigenvalue weighted by atomic mass is 35.5. The monoisotopic (exact) mass is 442 g/mol. The van der Waals surface area contributed by atoms with Crippen LogP contribution in [0.3, 0.4) is 0 Å². The molecule has 2 aromatic heterocycles.